The Labute approximate surface area is 153 Å². The van der Waals surface area contributed by atoms with E-state index in [-0.39, 0.29) is 0 Å². The molecule has 0 aromatic carbocycles. The van der Waals surface area contributed by atoms with Crippen LogP contribution in [-0.2, 0) is 17.8 Å². The van der Waals surface area contributed by atoms with Gasteiger partial charge in [-0.3, -0.25) is 0 Å². The molecule has 134 valence electrons. The number of rotatable bonds is 3. The van der Waals surface area contributed by atoms with Crippen molar-refractivity contribution in [3.05, 3.63) is 41.0 Å². The van der Waals surface area contributed by atoms with Crippen LogP contribution in [0.1, 0.15) is 35.4 Å². The van der Waals surface area contributed by atoms with E-state index in [0.717, 1.165) is 60.9 Å². The van der Waals surface area contributed by atoms with Crippen LogP contribution in [0.5, 0.6) is 0 Å². The molecule has 4 rings (SSSR count). The van der Waals surface area contributed by atoms with E-state index in [1.807, 2.05) is 19.1 Å². The van der Waals surface area contributed by atoms with Crippen molar-refractivity contribution in [2.75, 3.05) is 29.9 Å². The van der Waals surface area contributed by atoms with E-state index in [9.17, 15) is 5.26 Å². The van der Waals surface area contributed by atoms with Crippen molar-refractivity contribution < 1.29 is 4.74 Å². The molecule has 1 N–H and O–H groups in total. The van der Waals surface area contributed by atoms with Gasteiger partial charge in [0, 0.05) is 42.9 Å². The second-order valence-electron chi connectivity index (χ2n) is 6.83. The number of nitrogens with zero attached hydrogens (tertiary/aromatic N) is 5. The third-order valence-electron chi connectivity index (χ3n) is 4.98. The first-order chi connectivity index (χ1) is 12.7. The maximum atomic E-state index is 9.54. The Bertz CT molecular complexity index is 838. The van der Waals surface area contributed by atoms with Crippen molar-refractivity contribution in [2.45, 2.75) is 38.8 Å². The average molecular weight is 350 g/mol. The number of pyridine rings is 1. The van der Waals surface area contributed by atoms with Crippen LogP contribution in [-0.4, -0.2) is 40.7 Å². The molecule has 0 unspecified atom stereocenters. The number of aromatic nitrogens is 3. The van der Waals surface area contributed by atoms with E-state index < -0.39 is 0 Å². The highest BCUT2D eigenvalue weighted by Crippen LogP contribution is 2.27. The molecular formula is C19H22N6O. The highest BCUT2D eigenvalue weighted by molar-refractivity contribution is 5.56. The third-order valence-corrected chi connectivity index (χ3v) is 4.98. The molecule has 0 bridgehead atoms. The summed E-state index contributed by atoms with van der Waals surface area (Å²) in [5.41, 5.74) is 3.72. The Balaban J connectivity index is 1.45. The van der Waals surface area contributed by atoms with Gasteiger partial charge in [0.2, 0.25) is 0 Å². The highest BCUT2D eigenvalue weighted by atomic mass is 16.5. The Morgan fingerprint density at radius 1 is 1.27 bits per heavy atom. The van der Waals surface area contributed by atoms with Gasteiger partial charge in [0.25, 0.3) is 0 Å². The molecule has 2 aliphatic rings. The predicted molar refractivity (Wildman–Crippen MR) is 97.9 cm³/mol. The molecular weight excluding hydrogens is 328 g/mol. The van der Waals surface area contributed by atoms with Crippen LogP contribution in [0.3, 0.4) is 0 Å². The zero-order valence-electron chi connectivity index (χ0n) is 14.9. The van der Waals surface area contributed by atoms with Crippen LogP contribution in [0.25, 0.3) is 0 Å². The van der Waals surface area contributed by atoms with E-state index in [4.69, 9.17) is 9.72 Å². The SMILES string of the molecule is Cc1cc(NC2CCN(c3nc4c(cc3C#N)COCC4)CC2)ncn1. The molecule has 0 atom stereocenters. The molecule has 0 amide bonds. The summed E-state index contributed by atoms with van der Waals surface area (Å²) in [6, 6.07) is 6.60. The lowest BCUT2D eigenvalue weighted by Gasteiger charge is -2.34. The smallest absolute Gasteiger partial charge is 0.146 e. The lowest BCUT2D eigenvalue weighted by atomic mass is 10.0. The van der Waals surface area contributed by atoms with Crippen LogP contribution in [0.2, 0.25) is 0 Å². The molecule has 2 aromatic heterocycles. The zero-order valence-corrected chi connectivity index (χ0v) is 14.9. The molecule has 0 radical (unpaired) electrons. The van der Waals surface area contributed by atoms with Crippen LogP contribution >= 0.6 is 0 Å². The number of hydrogen-bond acceptors (Lipinski definition) is 7. The van der Waals surface area contributed by atoms with Crippen LogP contribution in [0, 0.1) is 18.3 Å². The van der Waals surface area contributed by atoms with Crippen molar-refractivity contribution in [3.63, 3.8) is 0 Å². The quantitative estimate of drug-likeness (QED) is 0.908. The van der Waals surface area contributed by atoms with Crippen LogP contribution < -0.4 is 10.2 Å². The van der Waals surface area contributed by atoms with E-state index in [1.165, 1.54) is 0 Å². The standard InChI is InChI=1S/C19H22N6O/c1-13-8-18(22-12-21-13)23-16-2-5-25(6-3-16)19-14(10-20)9-15-11-26-7-4-17(15)24-19/h8-9,12,16H,2-7,11H2,1H3,(H,21,22,23). The van der Waals surface area contributed by atoms with Crippen LogP contribution in [0.4, 0.5) is 11.6 Å². The molecule has 1 saturated heterocycles. The molecule has 7 nitrogen and oxygen atoms in total. The molecule has 7 heteroatoms. The number of aryl methyl sites for hydroxylation is 1. The number of nitrogens with one attached hydrogen (secondary N) is 1. The summed E-state index contributed by atoms with van der Waals surface area (Å²) in [7, 11) is 0. The van der Waals surface area contributed by atoms with Gasteiger partial charge in [0.05, 0.1) is 24.5 Å². The topological polar surface area (TPSA) is 87.0 Å². The molecule has 0 spiro atoms. The summed E-state index contributed by atoms with van der Waals surface area (Å²) in [4.78, 5) is 15.5. The minimum absolute atomic E-state index is 0.372. The Morgan fingerprint density at radius 3 is 2.88 bits per heavy atom. The largest absolute Gasteiger partial charge is 0.376 e. The van der Waals surface area contributed by atoms with Crippen molar-refractivity contribution in [1.29, 1.82) is 5.26 Å². The zero-order chi connectivity index (χ0) is 17.9. The van der Waals surface area contributed by atoms with Gasteiger partial charge in [-0.05, 0) is 25.8 Å². The van der Waals surface area contributed by atoms with Crippen molar-refractivity contribution >= 4 is 11.6 Å². The summed E-state index contributed by atoms with van der Waals surface area (Å²) < 4.78 is 5.48. The molecule has 2 aliphatic heterocycles. The van der Waals surface area contributed by atoms with Gasteiger partial charge in [-0.15, -0.1) is 0 Å². The fourth-order valence-corrected chi connectivity index (χ4v) is 3.58. The lowest BCUT2D eigenvalue weighted by Crippen LogP contribution is -2.40. The summed E-state index contributed by atoms with van der Waals surface area (Å²) in [5, 5.41) is 13.0. The van der Waals surface area contributed by atoms with E-state index in [1.54, 1.807) is 6.33 Å². The van der Waals surface area contributed by atoms with Gasteiger partial charge >= 0.3 is 0 Å². The fraction of sp³-hybridized carbons (Fsp3) is 0.474. The molecule has 4 heterocycles. The summed E-state index contributed by atoms with van der Waals surface area (Å²) in [5.74, 6) is 1.70. The maximum Gasteiger partial charge on any atom is 0.146 e. The first-order valence-corrected chi connectivity index (χ1v) is 9.03. The Morgan fingerprint density at radius 2 is 2.12 bits per heavy atom. The van der Waals surface area contributed by atoms with Crippen molar-refractivity contribution in [1.82, 2.24) is 15.0 Å². The van der Waals surface area contributed by atoms with Gasteiger partial charge in [-0.1, -0.05) is 0 Å². The average Bonchev–Trinajstić information content (AvgIpc) is 2.67. The van der Waals surface area contributed by atoms with Gasteiger partial charge < -0.3 is 15.0 Å². The predicted octanol–water partition coefficient (Wildman–Crippen LogP) is 2.21. The van der Waals surface area contributed by atoms with E-state index in [2.05, 4.69) is 26.3 Å². The lowest BCUT2D eigenvalue weighted by molar-refractivity contribution is 0.109. The minimum atomic E-state index is 0.372. The molecule has 26 heavy (non-hydrogen) atoms. The number of hydrogen-bond donors (Lipinski definition) is 1. The number of nitriles is 1. The first kappa shape index (κ1) is 16.7. The minimum Gasteiger partial charge on any atom is -0.376 e. The Hall–Kier alpha value is -2.72. The van der Waals surface area contributed by atoms with E-state index in [0.29, 0.717) is 24.8 Å². The second-order valence-corrected chi connectivity index (χ2v) is 6.83. The van der Waals surface area contributed by atoms with Gasteiger partial charge in [0.1, 0.15) is 24.0 Å². The van der Waals surface area contributed by atoms with Gasteiger partial charge in [0.15, 0.2) is 0 Å². The monoisotopic (exact) mass is 350 g/mol. The maximum absolute atomic E-state index is 9.54. The van der Waals surface area contributed by atoms with Crippen molar-refractivity contribution in [3.8, 4) is 6.07 Å². The molecule has 0 aliphatic carbocycles. The van der Waals surface area contributed by atoms with Gasteiger partial charge in [-0.2, -0.15) is 5.26 Å². The third kappa shape index (κ3) is 3.46. The fourth-order valence-electron chi connectivity index (χ4n) is 3.58. The molecule has 1 fully saturated rings. The summed E-state index contributed by atoms with van der Waals surface area (Å²) in [6.45, 7) is 4.97. The highest BCUT2D eigenvalue weighted by Gasteiger charge is 2.24. The number of ether oxygens (including phenoxy) is 1. The molecule has 2 aromatic rings. The van der Waals surface area contributed by atoms with E-state index >= 15 is 0 Å². The molecule has 0 saturated carbocycles. The first-order valence-electron chi connectivity index (χ1n) is 9.03. The second kappa shape index (κ2) is 7.26. The van der Waals surface area contributed by atoms with Gasteiger partial charge in [-0.25, -0.2) is 15.0 Å². The summed E-state index contributed by atoms with van der Waals surface area (Å²) in [6.07, 6.45) is 4.37. The normalized spacial score (nSPS) is 17.5. The number of anilines is 2. The number of piperidine rings is 1. The Kier molecular flexibility index (Phi) is 4.67. The summed E-state index contributed by atoms with van der Waals surface area (Å²) >= 11 is 0. The number of fused-ring (bicyclic) bond motifs is 1. The van der Waals surface area contributed by atoms with Crippen molar-refractivity contribution in [2.24, 2.45) is 0 Å². The van der Waals surface area contributed by atoms with Crippen LogP contribution in [0.15, 0.2) is 18.5 Å².